The van der Waals surface area contributed by atoms with Gasteiger partial charge in [-0.1, -0.05) is 218 Å². The number of furan rings is 1. The smallest absolute Gasteiger partial charge is 0.164 e. The Morgan fingerprint density at radius 2 is 0.677 bits per heavy atom. The van der Waals surface area contributed by atoms with Crippen LogP contribution in [0.3, 0.4) is 0 Å². The number of benzene rings is 9. The molecule has 0 amide bonds. The van der Waals surface area contributed by atoms with Crippen LogP contribution in [-0.2, 0) is 0 Å². The van der Waals surface area contributed by atoms with Crippen LogP contribution >= 0.6 is 0 Å². The molecule has 3 aromatic heterocycles. The van der Waals surface area contributed by atoms with Gasteiger partial charge in [-0.2, -0.15) is 0 Å². The zero-order valence-corrected chi connectivity index (χ0v) is 35.1. The van der Waals surface area contributed by atoms with Crippen molar-refractivity contribution in [2.75, 3.05) is 0 Å². The first kappa shape index (κ1) is 37.9. The Morgan fingerprint density at radius 3 is 1.23 bits per heavy atom. The molecule has 0 saturated heterocycles. The molecule has 0 N–H and O–H groups in total. The molecule has 9 aromatic carbocycles. The van der Waals surface area contributed by atoms with E-state index in [9.17, 15) is 0 Å². The molecule has 0 atom stereocenters. The molecule has 0 aliphatic rings. The van der Waals surface area contributed by atoms with Gasteiger partial charge in [0.15, 0.2) is 23.1 Å². The third kappa shape index (κ3) is 7.11. The Kier molecular flexibility index (Phi) is 9.42. The lowest BCUT2D eigenvalue weighted by Gasteiger charge is -2.12. The minimum Gasteiger partial charge on any atom is -0.454 e. The lowest BCUT2D eigenvalue weighted by atomic mass is 9.96. The first-order valence-corrected chi connectivity index (χ1v) is 21.8. The zero-order chi connectivity index (χ0) is 43.1. The summed E-state index contributed by atoms with van der Waals surface area (Å²) >= 11 is 0. The molecule has 0 aliphatic heterocycles. The Morgan fingerprint density at radius 1 is 0.277 bits per heavy atom. The molecular formula is C60H38N4O. The summed E-state index contributed by atoms with van der Waals surface area (Å²) in [4.78, 5) is 20.6. The van der Waals surface area contributed by atoms with Gasteiger partial charge in [0, 0.05) is 44.0 Å². The summed E-state index contributed by atoms with van der Waals surface area (Å²) in [5.74, 6) is 1.83. The van der Waals surface area contributed by atoms with E-state index in [1.54, 1.807) is 0 Å². The quantitative estimate of drug-likeness (QED) is 0.153. The summed E-state index contributed by atoms with van der Waals surface area (Å²) in [6.45, 7) is 0. The van der Waals surface area contributed by atoms with Crippen molar-refractivity contribution in [3.8, 4) is 89.9 Å². The molecule has 5 heteroatoms. The van der Waals surface area contributed by atoms with Crippen molar-refractivity contribution in [1.82, 2.24) is 19.9 Å². The van der Waals surface area contributed by atoms with E-state index in [1.807, 2.05) is 30.3 Å². The highest BCUT2D eigenvalue weighted by atomic mass is 16.3. The van der Waals surface area contributed by atoms with Crippen LogP contribution in [0.15, 0.2) is 235 Å². The van der Waals surface area contributed by atoms with Gasteiger partial charge in [-0.3, -0.25) is 0 Å². The van der Waals surface area contributed by atoms with E-state index in [0.29, 0.717) is 17.5 Å². The normalized spacial score (nSPS) is 11.4. The Balaban J connectivity index is 0.933. The predicted octanol–water partition coefficient (Wildman–Crippen LogP) is 15.7. The summed E-state index contributed by atoms with van der Waals surface area (Å²) in [5, 5.41) is 3.22. The summed E-state index contributed by atoms with van der Waals surface area (Å²) < 4.78 is 6.66. The van der Waals surface area contributed by atoms with Crippen molar-refractivity contribution in [2.45, 2.75) is 0 Å². The Labute approximate surface area is 376 Å². The SMILES string of the molecule is c1ccc(-c2ccc(-c3nc(-c4ccc(-c5ccccc5)cc4)nc(-c4ccc(-c5cccc(-c6nc7c(-c8ccccc8)cccc7c7c6oc6ccccc67)c5)cc4)n3)cc2)cc1. The van der Waals surface area contributed by atoms with E-state index in [2.05, 4.69) is 200 Å². The monoisotopic (exact) mass is 830 g/mol. The lowest BCUT2D eigenvalue weighted by Crippen LogP contribution is -2.00. The Hall–Kier alpha value is -8.80. The molecular weight excluding hydrogens is 793 g/mol. The largest absolute Gasteiger partial charge is 0.454 e. The van der Waals surface area contributed by atoms with Crippen molar-refractivity contribution in [3.63, 3.8) is 0 Å². The number of nitrogens with zero attached hydrogens (tertiary/aromatic N) is 4. The number of hydrogen-bond donors (Lipinski definition) is 0. The van der Waals surface area contributed by atoms with Crippen LogP contribution < -0.4 is 0 Å². The molecule has 3 heterocycles. The molecule has 5 nitrogen and oxygen atoms in total. The van der Waals surface area contributed by atoms with Gasteiger partial charge in [0.25, 0.3) is 0 Å². The second-order valence-electron chi connectivity index (χ2n) is 16.2. The third-order valence-corrected chi connectivity index (χ3v) is 12.2. The van der Waals surface area contributed by atoms with Crippen LogP contribution in [0.4, 0.5) is 0 Å². The molecule has 304 valence electrons. The van der Waals surface area contributed by atoms with E-state index in [4.69, 9.17) is 24.4 Å². The summed E-state index contributed by atoms with van der Waals surface area (Å²) in [7, 11) is 0. The van der Waals surface area contributed by atoms with Crippen LogP contribution in [0.5, 0.6) is 0 Å². The average molecular weight is 831 g/mol. The van der Waals surface area contributed by atoms with Gasteiger partial charge in [0.2, 0.25) is 0 Å². The van der Waals surface area contributed by atoms with Crippen LogP contribution in [-0.4, -0.2) is 19.9 Å². The lowest BCUT2D eigenvalue weighted by molar-refractivity contribution is 0.669. The maximum absolute atomic E-state index is 6.66. The predicted molar refractivity (Wildman–Crippen MR) is 266 cm³/mol. The van der Waals surface area contributed by atoms with Gasteiger partial charge in [-0.05, 0) is 51.1 Å². The number of pyridine rings is 1. The number of hydrogen-bond acceptors (Lipinski definition) is 5. The van der Waals surface area contributed by atoms with E-state index in [0.717, 1.165) is 105 Å². The third-order valence-electron chi connectivity index (χ3n) is 12.2. The highest BCUT2D eigenvalue weighted by Gasteiger charge is 2.20. The fourth-order valence-corrected chi connectivity index (χ4v) is 8.86. The van der Waals surface area contributed by atoms with Crippen molar-refractivity contribution in [3.05, 3.63) is 231 Å². The van der Waals surface area contributed by atoms with Crippen LogP contribution in [0.1, 0.15) is 0 Å². The molecule has 0 unspecified atom stereocenters. The zero-order valence-electron chi connectivity index (χ0n) is 35.1. The van der Waals surface area contributed by atoms with Gasteiger partial charge in [0.1, 0.15) is 11.3 Å². The second kappa shape index (κ2) is 16.2. The maximum Gasteiger partial charge on any atom is 0.164 e. The summed E-state index contributed by atoms with van der Waals surface area (Å²) in [5.41, 5.74) is 16.0. The highest BCUT2D eigenvalue weighted by molar-refractivity contribution is 6.22. The first-order chi connectivity index (χ1) is 32.2. The molecule has 65 heavy (non-hydrogen) atoms. The van der Waals surface area contributed by atoms with Crippen molar-refractivity contribution in [2.24, 2.45) is 0 Å². The molecule has 12 rings (SSSR count). The van der Waals surface area contributed by atoms with Crippen LogP contribution in [0, 0.1) is 0 Å². The van der Waals surface area contributed by atoms with E-state index in [1.165, 1.54) is 0 Å². The average Bonchev–Trinajstić information content (AvgIpc) is 3.79. The van der Waals surface area contributed by atoms with E-state index >= 15 is 0 Å². The molecule has 0 bridgehead atoms. The van der Waals surface area contributed by atoms with Crippen molar-refractivity contribution >= 4 is 32.8 Å². The summed E-state index contributed by atoms with van der Waals surface area (Å²) in [6.07, 6.45) is 0. The van der Waals surface area contributed by atoms with Crippen molar-refractivity contribution < 1.29 is 4.42 Å². The highest BCUT2D eigenvalue weighted by Crippen LogP contribution is 2.42. The standard InChI is InChI=1S/C60H38N4O/c1-4-14-39(15-5-1)41-26-32-45(33-27-41)58-62-59(46-34-28-42(29-35-46)40-16-6-2-7-17-40)64-60(63-58)47-36-30-43(31-37-47)48-20-12-21-49(38-48)55-57-54(51-22-10-11-25-53(51)65-57)52-24-13-23-50(56(52)61-55)44-18-8-3-9-19-44/h1-38H. The fraction of sp³-hybridized carbons (Fsp3) is 0. The van der Waals surface area contributed by atoms with Gasteiger partial charge < -0.3 is 4.42 Å². The first-order valence-electron chi connectivity index (χ1n) is 21.8. The molecule has 12 aromatic rings. The van der Waals surface area contributed by atoms with Crippen molar-refractivity contribution in [1.29, 1.82) is 0 Å². The van der Waals surface area contributed by atoms with Crippen LogP contribution in [0.2, 0.25) is 0 Å². The molecule has 0 aliphatic carbocycles. The second-order valence-corrected chi connectivity index (χ2v) is 16.2. The number of rotatable bonds is 8. The number of para-hydroxylation sites is 2. The number of fused-ring (bicyclic) bond motifs is 5. The van der Waals surface area contributed by atoms with E-state index < -0.39 is 0 Å². The topological polar surface area (TPSA) is 64.7 Å². The molecule has 0 fully saturated rings. The molecule has 0 saturated carbocycles. The van der Waals surface area contributed by atoms with Gasteiger partial charge in [0.05, 0.1) is 5.52 Å². The molecule has 0 spiro atoms. The number of aromatic nitrogens is 4. The van der Waals surface area contributed by atoms with E-state index in [-0.39, 0.29) is 0 Å². The molecule has 0 radical (unpaired) electrons. The fourth-order valence-electron chi connectivity index (χ4n) is 8.86. The Bertz CT molecular complexity index is 3560. The minimum absolute atomic E-state index is 0.603. The van der Waals surface area contributed by atoms with Gasteiger partial charge in [-0.15, -0.1) is 0 Å². The maximum atomic E-state index is 6.66. The van der Waals surface area contributed by atoms with Crippen LogP contribution in [0.25, 0.3) is 123 Å². The van der Waals surface area contributed by atoms with Gasteiger partial charge >= 0.3 is 0 Å². The minimum atomic E-state index is 0.603. The van der Waals surface area contributed by atoms with Gasteiger partial charge in [-0.25, -0.2) is 19.9 Å². The summed E-state index contributed by atoms with van der Waals surface area (Å²) in [6, 6.07) is 79.8.